The van der Waals surface area contributed by atoms with Gasteiger partial charge in [-0.15, -0.1) is 0 Å². The first-order valence-electron chi connectivity index (χ1n) is 13.7. The van der Waals surface area contributed by atoms with Crippen LogP contribution in [0.25, 0.3) is 0 Å². The molecule has 0 aromatic rings. The molecule has 30 heavy (non-hydrogen) atoms. The molecule has 1 N–H and O–H groups in total. The van der Waals surface area contributed by atoms with Crippen LogP contribution in [0, 0.1) is 35.5 Å². The van der Waals surface area contributed by atoms with Gasteiger partial charge in [0.2, 0.25) is 0 Å². The van der Waals surface area contributed by atoms with Crippen molar-refractivity contribution in [3.8, 4) is 0 Å². The Morgan fingerprint density at radius 1 is 0.967 bits per heavy atom. The standard InChI is InChI=1S/C28H53NO/c1-20(2)9-7-11-23(5)30-24(6)15-22(4)27-13-12-26(27)16-25-18-28(29-19-25)14-8-10-21(3)17-28/h20-27,29H,7-19H2,1-6H3/t21?,22?,23?,24?,25?,26-,27?,28?/m0/s1. The molecule has 1 spiro atoms. The third-order valence-electron chi connectivity index (χ3n) is 8.94. The molecule has 1 aliphatic heterocycles. The van der Waals surface area contributed by atoms with Crippen LogP contribution < -0.4 is 5.32 Å². The van der Waals surface area contributed by atoms with Gasteiger partial charge < -0.3 is 10.1 Å². The van der Waals surface area contributed by atoms with Crippen LogP contribution in [0.5, 0.6) is 0 Å². The Kier molecular flexibility index (Phi) is 9.15. The summed E-state index contributed by atoms with van der Waals surface area (Å²) in [6, 6.07) is 0. The van der Waals surface area contributed by atoms with E-state index in [9.17, 15) is 0 Å². The average Bonchev–Trinajstić information content (AvgIpc) is 2.99. The summed E-state index contributed by atoms with van der Waals surface area (Å²) >= 11 is 0. The first-order chi connectivity index (χ1) is 14.3. The van der Waals surface area contributed by atoms with Crippen molar-refractivity contribution in [3.63, 3.8) is 0 Å². The van der Waals surface area contributed by atoms with Gasteiger partial charge in [0.05, 0.1) is 12.2 Å². The first-order valence-corrected chi connectivity index (χ1v) is 13.7. The normalized spacial score (nSPS) is 37.3. The molecular formula is C28H53NO. The fraction of sp³-hybridized carbons (Fsp3) is 1.00. The Labute approximate surface area is 188 Å². The third kappa shape index (κ3) is 6.96. The quantitative estimate of drug-likeness (QED) is 0.372. The van der Waals surface area contributed by atoms with Gasteiger partial charge in [0, 0.05) is 5.54 Å². The number of hydrogen-bond acceptors (Lipinski definition) is 2. The van der Waals surface area contributed by atoms with Crippen molar-refractivity contribution in [2.24, 2.45) is 35.5 Å². The second-order valence-corrected chi connectivity index (χ2v) is 12.5. The molecule has 176 valence electrons. The predicted octanol–water partition coefficient (Wildman–Crippen LogP) is 7.61. The van der Waals surface area contributed by atoms with Crippen LogP contribution in [-0.4, -0.2) is 24.3 Å². The maximum absolute atomic E-state index is 6.37. The lowest BCUT2D eigenvalue weighted by Gasteiger charge is -2.43. The number of rotatable bonds is 11. The number of nitrogens with one attached hydrogen (secondary N) is 1. The zero-order valence-electron chi connectivity index (χ0n) is 21.2. The second-order valence-electron chi connectivity index (χ2n) is 12.5. The zero-order chi connectivity index (χ0) is 21.7. The van der Waals surface area contributed by atoms with Crippen LogP contribution in [0.1, 0.15) is 119 Å². The molecule has 1 heterocycles. The van der Waals surface area contributed by atoms with Crippen LogP contribution in [0.2, 0.25) is 0 Å². The highest BCUT2D eigenvalue weighted by atomic mass is 16.5. The summed E-state index contributed by atoms with van der Waals surface area (Å²) < 4.78 is 6.37. The van der Waals surface area contributed by atoms with E-state index < -0.39 is 0 Å². The van der Waals surface area contributed by atoms with E-state index in [0.29, 0.717) is 17.7 Å². The fourth-order valence-corrected chi connectivity index (χ4v) is 7.33. The molecule has 0 amide bonds. The van der Waals surface area contributed by atoms with E-state index in [1.54, 1.807) is 0 Å². The average molecular weight is 420 g/mol. The van der Waals surface area contributed by atoms with Gasteiger partial charge in [-0.1, -0.05) is 53.4 Å². The van der Waals surface area contributed by atoms with Crippen molar-refractivity contribution >= 4 is 0 Å². The Hall–Kier alpha value is -0.0800. The molecular weight excluding hydrogens is 366 g/mol. The molecule has 2 aliphatic carbocycles. The maximum Gasteiger partial charge on any atom is 0.0553 e. The molecule has 3 fully saturated rings. The van der Waals surface area contributed by atoms with Crippen LogP contribution in [0.15, 0.2) is 0 Å². The van der Waals surface area contributed by atoms with Crippen molar-refractivity contribution < 1.29 is 4.74 Å². The van der Waals surface area contributed by atoms with Crippen molar-refractivity contribution in [1.29, 1.82) is 0 Å². The summed E-state index contributed by atoms with van der Waals surface area (Å²) in [5.74, 6) is 5.43. The van der Waals surface area contributed by atoms with E-state index in [2.05, 4.69) is 46.9 Å². The number of hydrogen-bond donors (Lipinski definition) is 1. The van der Waals surface area contributed by atoms with Gasteiger partial charge in [0.25, 0.3) is 0 Å². The number of ether oxygens (including phenoxy) is 1. The Morgan fingerprint density at radius 2 is 1.77 bits per heavy atom. The molecule has 0 aromatic heterocycles. The minimum absolute atomic E-state index is 0.412. The largest absolute Gasteiger partial charge is 0.376 e. The third-order valence-corrected chi connectivity index (χ3v) is 8.94. The van der Waals surface area contributed by atoms with Crippen molar-refractivity contribution in [3.05, 3.63) is 0 Å². The molecule has 1 saturated heterocycles. The highest BCUT2D eigenvalue weighted by Crippen LogP contribution is 2.48. The molecule has 2 saturated carbocycles. The van der Waals surface area contributed by atoms with Gasteiger partial charge in [0.1, 0.15) is 0 Å². The summed E-state index contributed by atoms with van der Waals surface area (Å²) in [6.45, 7) is 15.5. The van der Waals surface area contributed by atoms with E-state index >= 15 is 0 Å². The molecule has 0 radical (unpaired) electrons. The van der Waals surface area contributed by atoms with Crippen LogP contribution in [-0.2, 0) is 4.74 Å². The van der Waals surface area contributed by atoms with E-state index in [0.717, 1.165) is 35.5 Å². The highest BCUT2D eigenvalue weighted by Gasteiger charge is 2.44. The van der Waals surface area contributed by atoms with Gasteiger partial charge >= 0.3 is 0 Å². The van der Waals surface area contributed by atoms with E-state index in [1.807, 2.05) is 0 Å². The summed E-state index contributed by atoms with van der Waals surface area (Å²) in [7, 11) is 0. The minimum Gasteiger partial charge on any atom is -0.376 e. The molecule has 2 nitrogen and oxygen atoms in total. The second kappa shape index (κ2) is 11.2. The van der Waals surface area contributed by atoms with E-state index in [1.165, 1.54) is 83.6 Å². The predicted molar refractivity (Wildman–Crippen MR) is 130 cm³/mol. The first kappa shape index (κ1) is 24.6. The minimum atomic E-state index is 0.412. The maximum atomic E-state index is 6.37. The summed E-state index contributed by atoms with van der Waals surface area (Å²) in [4.78, 5) is 0. The topological polar surface area (TPSA) is 21.3 Å². The zero-order valence-corrected chi connectivity index (χ0v) is 21.2. The summed E-state index contributed by atoms with van der Waals surface area (Å²) in [5, 5.41) is 4.01. The SMILES string of the molecule is CC(C)CCCC(C)OC(C)CC(C)C1CC[C@H]1CC1CNC2(CCCC(C)C2)C1. The van der Waals surface area contributed by atoms with Crippen LogP contribution in [0.3, 0.4) is 0 Å². The monoisotopic (exact) mass is 419 g/mol. The van der Waals surface area contributed by atoms with Crippen molar-refractivity contribution in [1.82, 2.24) is 5.32 Å². The lowest BCUT2D eigenvalue weighted by Crippen LogP contribution is -2.43. The smallest absolute Gasteiger partial charge is 0.0553 e. The van der Waals surface area contributed by atoms with Gasteiger partial charge in [-0.3, -0.25) is 0 Å². The molecule has 3 aliphatic rings. The molecule has 0 bridgehead atoms. The van der Waals surface area contributed by atoms with Gasteiger partial charge in [-0.05, 0) is 107 Å². The fourth-order valence-electron chi connectivity index (χ4n) is 7.33. The van der Waals surface area contributed by atoms with Crippen LogP contribution >= 0.6 is 0 Å². The van der Waals surface area contributed by atoms with Crippen molar-refractivity contribution in [2.75, 3.05) is 6.54 Å². The lowest BCUT2D eigenvalue weighted by atomic mass is 9.63. The molecule has 2 heteroatoms. The highest BCUT2D eigenvalue weighted by molar-refractivity contribution is 5.01. The summed E-state index contributed by atoms with van der Waals surface area (Å²) in [6.07, 6.45) is 17.6. The molecule has 8 atom stereocenters. The molecule has 3 rings (SSSR count). The van der Waals surface area contributed by atoms with Crippen molar-refractivity contribution in [2.45, 2.75) is 136 Å². The van der Waals surface area contributed by atoms with E-state index in [-0.39, 0.29) is 0 Å². The van der Waals surface area contributed by atoms with Crippen LogP contribution in [0.4, 0.5) is 0 Å². The van der Waals surface area contributed by atoms with Gasteiger partial charge in [-0.25, -0.2) is 0 Å². The van der Waals surface area contributed by atoms with E-state index in [4.69, 9.17) is 4.74 Å². The lowest BCUT2D eigenvalue weighted by molar-refractivity contribution is -0.0239. The summed E-state index contributed by atoms with van der Waals surface area (Å²) in [5.41, 5.74) is 0.515. The van der Waals surface area contributed by atoms with Gasteiger partial charge in [-0.2, -0.15) is 0 Å². The Bertz CT molecular complexity index is 505. The molecule has 7 unspecified atom stereocenters. The molecule has 0 aromatic carbocycles. The Balaban J connectivity index is 1.36. The van der Waals surface area contributed by atoms with Gasteiger partial charge in [0.15, 0.2) is 0 Å². The Morgan fingerprint density at radius 3 is 2.43 bits per heavy atom.